The van der Waals surface area contributed by atoms with Crippen LogP contribution in [0.1, 0.15) is 52.7 Å². The van der Waals surface area contributed by atoms with Crippen LogP contribution in [0.2, 0.25) is 0 Å². The summed E-state index contributed by atoms with van der Waals surface area (Å²) in [4.78, 5) is 4.11. The van der Waals surface area contributed by atoms with Crippen LogP contribution in [-0.4, -0.2) is 19.5 Å². The van der Waals surface area contributed by atoms with E-state index in [0.29, 0.717) is 0 Å². The Morgan fingerprint density at radius 2 is 0.735 bits per heavy atom. The van der Waals surface area contributed by atoms with Crippen LogP contribution in [-0.2, 0) is 21.7 Å². The molecule has 0 N–H and O–H groups in total. The molecule has 0 amide bonds. The van der Waals surface area contributed by atoms with Crippen molar-refractivity contribution in [2.45, 2.75) is 67.1 Å². The topological polar surface area (TPSA) is 0 Å². The second-order valence-electron chi connectivity index (χ2n) is 10.1. The quantitative estimate of drug-likeness (QED) is 0.157. The van der Waals surface area contributed by atoms with Crippen LogP contribution in [0, 0.1) is 0 Å². The molecule has 0 fully saturated rings. The van der Waals surface area contributed by atoms with Crippen molar-refractivity contribution in [2.75, 3.05) is 0 Å². The molecule has 188 valence electrons. The predicted molar refractivity (Wildman–Crippen MR) is 131 cm³/mol. The van der Waals surface area contributed by atoms with Gasteiger partial charge in [0.2, 0.25) is 0 Å². The summed E-state index contributed by atoms with van der Waals surface area (Å²) in [6.45, 7) is 13.6. The van der Waals surface area contributed by atoms with Crippen LogP contribution in [0.25, 0.3) is 0 Å². The maximum atomic E-state index is 9.93. The molecule has 8 heteroatoms. The Kier molecular flexibility index (Phi) is 7.69. The normalized spacial score (nSPS) is 14.6. The van der Waals surface area contributed by atoms with Crippen LogP contribution >= 0.6 is 0 Å². The second-order valence-corrected chi connectivity index (χ2v) is 17.6. The summed E-state index contributed by atoms with van der Waals surface area (Å²) in [6.07, 6.45) is 0. The van der Waals surface area contributed by atoms with E-state index in [1.165, 1.54) is 25.8 Å². The SMILES string of the molecule is CC(C)(C)c1ccc([S+](c2ccccc2)c2ccc(C(C)(C)C)cc2)cc1.[F][Sb-]([F])([F])([F])([F])[F]. The monoisotopic (exact) mass is 610 g/mol. The van der Waals surface area contributed by atoms with Gasteiger partial charge in [-0.05, 0) is 58.4 Å². The predicted octanol–water partition coefficient (Wildman–Crippen LogP) is 9.52. The number of hydrogen-bond acceptors (Lipinski definition) is 0. The van der Waals surface area contributed by atoms with Crippen molar-refractivity contribution in [3.8, 4) is 0 Å². The summed E-state index contributed by atoms with van der Waals surface area (Å²) in [5.41, 5.74) is 3.12. The van der Waals surface area contributed by atoms with Crippen molar-refractivity contribution in [3.63, 3.8) is 0 Å². The Bertz CT molecular complexity index is 1010. The van der Waals surface area contributed by atoms with E-state index in [2.05, 4.69) is 120 Å². The van der Waals surface area contributed by atoms with Crippen LogP contribution in [0.4, 0.5) is 16.9 Å². The minimum atomic E-state index is -11.2. The second kappa shape index (κ2) is 9.13. The van der Waals surface area contributed by atoms with Crippen LogP contribution in [0.15, 0.2) is 93.5 Å². The molecule has 3 aromatic rings. The van der Waals surface area contributed by atoms with Gasteiger partial charge in [0, 0.05) is 0 Å². The van der Waals surface area contributed by atoms with E-state index >= 15 is 0 Å². The summed E-state index contributed by atoms with van der Waals surface area (Å²) >= 11 is -11.2. The molecule has 0 radical (unpaired) electrons. The molecule has 0 bridgehead atoms. The third-order valence-corrected chi connectivity index (χ3v) is 7.12. The van der Waals surface area contributed by atoms with E-state index in [0.717, 1.165) is 0 Å². The summed E-state index contributed by atoms with van der Waals surface area (Å²) in [5, 5.41) is 0. The van der Waals surface area contributed by atoms with Crippen molar-refractivity contribution >= 4 is 30.4 Å². The number of halogens is 6. The minimum absolute atomic E-state index is 0.0847. The number of rotatable bonds is 3. The first-order valence-corrected chi connectivity index (χ1v) is 17.7. The van der Waals surface area contributed by atoms with Crippen molar-refractivity contribution in [1.82, 2.24) is 0 Å². The molecular weight excluding hydrogens is 580 g/mol. The molecular formula is C26H31F6SSb. The average molecular weight is 611 g/mol. The zero-order valence-corrected chi connectivity index (χ0v) is 23.5. The molecule has 3 rings (SSSR count). The molecule has 0 unspecified atom stereocenters. The maximum absolute atomic E-state index is 11.2. The first-order valence-electron chi connectivity index (χ1n) is 10.7. The summed E-state index contributed by atoms with van der Waals surface area (Å²) < 4.78 is 59.6. The van der Waals surface area contributed by atoms with E-state index in [-0.39, 0.29) is 21.7 Å². The fourth-order valence-electron chi connectivity index (χ4n) is 3.15. The van der Waals surface area contributed by atoms with Crippen LogP contribution < -0.4 is 0 Å². The van der Waals surface area contributed by atoms with Gasteiger partial charge in [-0.25, -0.2) is 0 Å². The van der Waals surface area contributed by atoms with E-state index in [4.69, 9.17) is 0 Å². The molecule has 0 aliphatic carbocycles. The van der Waals surface area contributed by atoms with Gasteiger partial charge in [0.05, 0.1) is 10.9 Å². The average Bonchev–Trinajstić information content (AvgIpc) is 2.66. The summed E-state index contributed by atoms with van der Waals surface area (Å²) in [6, 6.07) is 29.3. The van der Waals surface area contributed by atoms with E-state index in [1.54, 1.807) is 0 Å². The molecule has 0 heterocycles. The van der Waals surface area contributed by atoms with Gasteiger partial charge in [-0.3, -0.25) is 0 Å². The van der Waals surface area contributed by atoms with Gasteiger partial charge in [0.25, 0.3) is 0 Å². The number of benzene rings is 3. The zero-order valence-electron chi connectivity index (χ0n) is 20.1. The Labute approximate surface area is 203 Å². The van der Waals surface area contributed by atoms with Crippen molar-refractivity contribution in [3.05, 3.63) is 90.0 Å². The molecule has 0 aliphatic heterocycles. The van der Waals surface area contributed by atoms with Crippen molar-refractivity contribution in [2.24, 2.45) is 0 Å². The van der Waals surface area contributed by atoms with Gasteiger partial charge >= 0.3 is 36.4 Å². The standard InChI is InChI=1S/C26H31S.6FH.Sb/c1-25(2,3)20-12-16-23(17-13-20)27(22-10-8-7-9-11-22)24-18-14-21(15-19-24)26(4,5)6;;;;;;;/h7-19H,1-6H3;6*1H;/q+1;;;;;;;+5/p-6. The van der Waals surface area contributed by atoms with E-state index in [9.17, 15) is 16.9 Å². The van der Waals surface area contributed by atoms with Gasteiger partial charge in [-0.2, -0.15) is 0 Å². The fraction of sp³-hybridized carbons (Fsp3) is 0.308. The molecule has 0 saturated carbocycles. The zero-order chi connectivity index (χ0) is 26.1. The molecule has 3 aromatic carbocycles. The van der Waals surface area contributed by atoms with E-state index in [1.807, 2.05) is 0 Å². The third-order valence-electron chi connectivity index (χ3n) is 4.89. The first kappa shape index (κ1) is 28.6. The number of hydrogen-bond donors (Lipinski definition) is 0. The summed E-state index contributed by atoms with van der Waals surface area (Å²) in [5.74, 6) is 0. The molecule has 0 saturated heterocycles. The van der Waals surface area contributed by atoms with E-state index < -0.39 is 19.5 Å². The summed E-state index contributed by atoms with van der Waals surface area (Å²) in [7, 11) is -0.0847. The molecule has 0 nitrogen and oxygen atoms in total. The van der Waals surface area contributed by atoms with Gasteiger partial charge in [-0.15, -0.1) is 0 Å². The Hall–Kier alpha value is -1.59. The Morgan fingerprint density at radius 3 is 1.00 bits per heavy atom. The first-order chi connectivity index (χ1) is 15.1. The third kappa shape index (κ3) is 10.3. The molecule has 34 heavy (non-hydrogen) atoms. The van der Waals surface area contributed by atoms with Crippen molar-refractivity contribution in [1.29, 1.82) is 0 Å². The van der Waals surface area contributed by atoms with Gasteiger partial charge in [0.1, 0.15) is 0 Å². The molecule has 0 spiro atoms. The van der Waals surface area contributed by atoms with Gasteiger partial charge in [0.15, 0.2) is 14.7 Å². The molecule has 0 atom stereocenters. The van der Waals surface area contributed by atoms with Crippen molar-refractivity contribution < 1.29 is 16.9 Å². The fourth-order valence-corrected chi connectivity index (χ4v) is 5.21. The van der Waals surface area contributed by atoms with Crippen LogP contribution in [0.5, 0.6) is 0 Å². The van der Waals surface area contributed by atoms with Crippen LogP contribution in [0.3, 0.4) is 0 Å². The van der Waals surface area contributed by atoms with Gasteiger partial charge in [-0.1, -0.05) is 84.0 Å². The van der Waals surface area contributed by atoms with Gasteiger partial charge < -0.3 is 0 Å². The Balaban J connectivity index is 0.000000509. The molecule has 0 aliphatic rings. The molecule has 0 aromatic heterocycles. The Morgan fingerprint density at radius 1 is 0.471 bits per heavy atom.